The van der Waals surface area contributed by atoms with Crippen LogP contribution in [0.15, 0.2) is 18.3 Å². The number of aliphatic hydroxyl groups is 1. The summed E-state index contributed by atoms with van der Waals surface area (Å²) in [5.74, 6) is 0.717. The van der Waals surface area contributed by atoms with E-state index < -0.39 is 9.84 Å². The molecule has 1 heterocycles. The Morgan fingerprint density at radius 2 is 2.12 bits per heavy atom. The Morgan fingerprint density at radius 3 is 2.65 bits per heavy atom. The highest BCUT2D eigenvalue weighted by Crippen LogP contribution is 2.09. The minimum Gasteiger partial charge on any atom is -0.491 e. The number of nitrogens with zero attached hydrogens (tertiary/aromatic N) is 1. The average molecular weight is 259 g/mol. The van der Waals surface area contributed by atoms with E-state index in [0.717, 1.165) is 0 Å². The van der Waals surface area contributed by atoms with Crippen molar-refractivity contribution in [2.24, 2.45) is 0 Å². The standard InChI is InChI=1S/C11H17NO4S/c1-2-6-17(14,15)7-5-16-11-4-3-10(9-13)12-8-11/h3-4,8,13H,2,5-7,9H2,1H3. The Hall–Kier alpha value is -1.14. The lowest BCUT2D eigenvalue weighted by Gasteiger charge is -2.06. The highest BCUT2D eigenvalue weighted by molar-refractivity contribution is 7.91. The van der Waals surface area contributed by atoms with Gasteiger partial charge in [-0.2, -0.15) is 0 Å². The third kappa shape index (κ3) is 5.14. The van der Waals surface area contributed by atoms with Crippen LogP contribution in [-0.4, -0.2) is 36.6 Å². The van der Waals surface area contributed by atoms with Crippen LogP contribution in [0.1, 0.15) is 19.0 Å². The molecule has 1 N–H and O–H groups in total. The van der Waals surface area contributed by atoms with Crippen LogP contribution in [0.2, 0.25) is 0 Å². The number of aromatic nitrogens is 1. The first kappa shape index (κ1) is 13.9. The molecule has 0 radical (unpaired) electrons. The van der Waals surface area contributed by atoms with E-state index in [0.29, 0.717) is 17.9 Å². The van der Waals surface area contributed by atoms with Gasteiger partial charge in [0.05, 0.1) is 30.0 Å². The number of hydrogen-bond acceptors (Lipinski definition) is 5. The first-order chi connectivity index (χ1) is 8.07. The van der Waals surface area contributed by atoms with Crippen LogP contribution in [0.25, 0.3) is 0 Å². The highest BCUT2D eigenvalue weighted by atomic mass is 32.2. The summed E-state index contributed by atoms with van der Waals surface area (Å²) in [7, 11) is -3.00. The zero-order valence-corrected chi connectivity index (χ0v) is 10.6. The third-order valence-electron chi connectivity index (χ3n) is 2.14. The summed E-state index contributed by atoms with van der Waals surface area (Å²) in [6, 6.07) is 3.29. The predicted molar refractivity (Wildman–Crippen MR) is 64.6 cm³/mol. The fourth-order valence-corrected chi connectivity index (χ4v) is 2.45. The smallest absolute Gasteiger partial charge is 0.153 e. The normalized spacial score (nSPS) is 11.4. The molecule has 0 aliphatic heterocycles. The summed E-state index contributed by atoms with van der Waals surface area (Å²) in [4.78, 5) is 3.92. The Morgan fingerprint density at radius 1 is 1.35 bits per heavy atom. The molecule has 0 saturated heterocycles. The Bertz CT molecular complexity index is 427. The van der Waals surface area contributed by atoms with Gasteiger partial charge >= 0.3 is 0 Å². The van der Waals surface area contributed by atoms with Crippen LogP contribution in [0.3, 0.4) is 0 Å². The van der Waals surface area contributed by atoms with Crippen LogP contribution in [-0.2, 0) is 16.4 Å². The van der Waals surface area contributed by atoms with Crippen molar-refractivity contribution in [2.75, 3.05) is 18.1 Å². The molecule has 0 bridgehead atoms. The number of aliphatic hydroxyl groups excluding tert-OH is 1. The van der Waals surface area contributed by atoms with Gasteiger partial charge < -0.3 is 9.84 Å². The highest BCUT2D eigenvalue weighted by Gasteiger charge is 2.09. The van der Waals surface area contributed by atoms with E-state index in [1.165, 1.54) is 6.20 Å². The minimum atomic E-state index is -3.00. The van der Waals surface area contributed by atoms with Crippen molar-refractivity contribution in [3.05, 3.63) is 24.0 Å². The lowest BCUT2D eigenvalue weighted by Crippen LogP contribution is -2.16. The van der Waals surface area contributed by atoms with Gasteiger partial charge in [-0.3, -0.25) is 4.98 Å². The van der Waals surface area contributed by atoms with Gasteiger partial charge in [-0.15, -0.1) is 0 Å². The van der Waals surface area contributed by atoms with Gasteiger partial charge in [0.1, 0.15) is 12.4 Å². The molecule has 6 heteroatoms. The maximum absolute atomic E-state index is 11.4. The Labute approximate surface area is 101 Å². The van der Waals surface area contributed by atoms with Crippen LogP contribution < -0.4 is 4.74 Å². The lowest BCUT2D eigenvalue weighted by atomic mass is 10.3. The molecule has 96 valence electrons. The predicted octanol–water partition coefficient (Wildman–Crippen LogP) is 0.778. The van der Waals surface area contributed by atoms with Crippen molar-refractivity contribution < 1.29 is 18.3 Å². The molecule has 0 atom stereocenters. The van der Waals surface area contributed by atoms with E-state index in [1.54, 1.807) is 12.1 Å². The second kappa shape index (κ2) is 6.56. The fraction of sp³-hybridized carbons (Fsp3) is 0.545. The maximum atomic E-state index is 11.4. The molecule has 0 amide bonds. The summed E-state index contributed by atoms with van der Waals surface area (Å²) in [6.45, 7) is 1.84. The van der Waals surface area contributed by atoms with E-state index in [9.17, 15) is 8.42 Å². The van der Waals surface area contributed by atoms with Gasteiger partial charge in [0.15, 0.2) is 9.84 Å². The minimum absolute atomic E-state index is 0.0165. The molecule has 0 aliphatic carbocycles. The van der Waals surface area contributed by atoms with E-state index in [-0.39, 0.29) is 24.7 Å². The second-order valence-electron chi connectivity index (χ2n) is 3.64. The Balaban J connectivity index is 2.40. The topological polar surface area (TPSA) is 76.5 Å². The van der Waals surface area contributed by atoms with Gasteiger partial charge in [-0.1, -0.05) is 6.92 Å². The first-order valence-electron chi connectivity index (χ1n) is 5.46. The summed E-state index contributed by atoms with van der Waals surface area (Å²) in [5.41, 5.74) is 0.552. The molecule has 0 aromatic carbocycles. The molecule has 1 aromatic heterocycles. The molecule has 0 aliphatic rings. The van der Waals surface area contributed by atoms with Crippen LogP contribution in [0, 0.1) is 0 Å². The van der Waals surface area contributed by atoms with Gasteiger partial charge in [0, 0.05) is 0 Å². The molecule has 0 fully saturated rings. The molecule has 5 nitrogen and oxygen atoms in total. The molecule has 0 unspecified atom stereocenters. The van der Waals surface area contributed by atoms with Gasteiger partial charge in [-0.25, -0.2) is 8.42 Å². The first-order valence-corrected chi connectivity index (χ1v) is 7.28. The summed E-state index contributed by atoms with van der Waals surface area (Å²) >= 11 is 0. The molecule has 0 saturated carbocycles. The van der Waals surface area contributed by atoms with E-state index in [1.807, 2.05) is 6.92 Å². The largest absolute Gasteiger partial charge is 0.491 e. The molecule has 0 spiro atoms. The summed E-state index contributed by atoms with van der Waals surface area (Å²) in [5, 5.41) is 8.79. The second-order valence-corrected chi connectivity index (χ2v) is 5.95. The fourth-order valence-electron chi connectivity index (χ4n) is 1.29. The SMILES string of the molecule is CCCS(=O)(=O)CCOc1ccc(CO)nc1. The number of ether oxygens (including phenoxy) is 1. The van der Waals surface area contributed by atoms with E-state index >= 15 is 0 Å². The van der Waals surface area contributed by atoms with Crippen LogP contribution >= 0.6 is 0 Å². The van der Waals surface area contributed by atoms with Crippen molar-refractivity contribution in [3.8, 4) is 5.75 Å². The van der Waals surface area contributed by atoms with Gasteiger partial charge in [0.25, 0.3) is 0 Å². The molecule has 1 aromatic rings. The van der Waals surface area contributed by atoms with Crippen LogP contribution in [0.5, 0.6) is 5.75 Å². The maximum Gasteiger partial charge on any atom is 0.153 e. The summed E-state index contributed by atoms with van der Waals surface area (Å²) < 4.78 is 28.0. The quantitative estimate of drug-likeness (QED) is 0.783. The molecular formula is C11H17NO4S. The monoisotopic (exact) mass is 259 g/mol. The zero-order valence-electron chi connectivity index (χ0n) is 9.80. The van der Waals surface area contributed by atoms with Crippen molar-refractivity contribution in [1.82, 2.24) is 4.98 Å². The molecule has 1 rings (SSSR count). The van der Waals surface area contributed by atoms with Crippen molar-refractivity contribution >= 4 is 9.84 Å². The van der Waals surface area contributed by atoms with E-state index in [2.05, 4.69) is 4.98 Å². The zero-order chi connectivity index (χ0) is 12.7. The molecular weight excluding hydrogens is 242 g/mol. The van der Waals surface area contributed by atoms with E-state index in [4.69, 9.17) is 9.84 Å². The number of sulfone groups is 1. The van der Waals surface area contributed by atoms with Crippen LogP contribution in [0.4, 0.5) is 0 Å². The van der Waals surface area contributed by atoms with Crippen molar-refractivity contribution in [3.63, 3.8) is 0 Å². The number of pyridine rings is 1. The average Bonchev–Trinajstić information content (AvgIpc) is 2.29. The number of rotatable bonds is 7. The third-order valence-corrected chi connectivity index (χ3v) is 3.96. The summed E-state index contributed by atoms with van der Waals surface area (Å²) in [6.07, 6.45) is 2.09. The van der Waals surface area contributed by atoms with Gasteiger partial charge in [0.2, 0.25) is 0 Å². The lowest BCUT2D eigenvalue weighted by molar-refractivity contribution is 0.276. The van der Waals surface area contributed by atoms with Crippen molar-refractivity contribution in [1.29, 1.82) is 0 Å². The Kier molecular flexibility index (Phi) is 5.37. The number of hydrogen-bond donors (Lipinski definition) is 1. The van der Waals surface area contributed by atoms with Crippen molar-refractivity contribution in [2.45, 2.75) is 20.0 Å². The molecule has 17 heavy (non-hydrogen) atoms. The van der Waals surface area contributed by atoms with Gasteiger partial charge in [-0.05, 0) is 18.6 Å².